The van der Waals surface area contributed by atoms with E-state index >= 15 is 0 Å². The van der Waals surface area contributed by atoms with Crippen LogP contribution in [-0.4, -0.2) is 14.9 Å². The lowest BCUT2D eigenvalue weighted by Crippen LogP contribution is -1.88. The maximum Gasteiger partial charge on any atom is 0.230 e. The smallest absolute Gasteiger partial charge is 0.230 e. The number of rotatable bonds is 2. The van der Waals surface area contributed by atoms with Crippen molar-refractivity contribution in [3.8, 4) is 22.4 Å². The van der Waals surface area contributed by atoms with Crippen molar-refractivity contribution in [2.24, 2.45) is 7.05 Å². The van der Waals surface area contributed by atoms with Crippen molar-refractivity contribution in [3.63, 3.8) is 0 Å². The van der Waals surface area contributed by atoms with Crippen LogP contribution in [-0.2, 0) is 7.05 Å². The van der Waals surface area contributed by atoms with E-state index in [0.717, 1.165) is 33.6 Å². The van der Waals surface area contributed by atoms with Crippen LogP contribution in [0, 0.1) is 13.8 Å². The van der Waals surface area contributed by atoms with Gasteiger partial charge in [0.25, 0.3) is 0 Å². The summed E-state index contributed by atoms with van der Waals surface area (Å²) in [4.78, 5) is 0. The molecule has 0 unspecified atom stereocenters. The Hall–Kier alpha value is -2.56. The zero-order chi connectivity index (χ0) is 14.3. The van der Waals surface area contributed by atoms with Crippen LogP contribution in [0.3, 0.4) is 0 Å². The van der Waals surface area contributed by atoms with Crippen molar-refractivity contribution < 1.29 is 4.52 Å². The molecule has 0 fully saturated rings. The highest BCUT2D eigenvalue weighted by Gasteiger charge is 2.20. The summed E-state index contributed by atoms with van der Waals surface area (Å²) in [6.07, 6.45) is 1.92. The number of hydrogen-bond acceptors (Lipinski definition) is 4. The summed E-state index contributed by atoms with van der Waals surface area (Å²) in [6.45, 7) is 3.99. The van der Waals surface area contributed by atoms with Crippen LogP contribution >= 0.6 is 0 Å². The molecule has 5 heteroatoms. The molecule has 0 bridgehead atoms. The standard InChI is InChI=1S/C15H16N4O/c1-9-5-4-6-11(7-9)13-14(18-20-15(13)16)12-8-19(3)17-10(12)2/h4-8H,16H2,1-3H3. The quantitative estimate of drug-likeness (QED) is 0.775. The maximum atomic E-state index is 5.96. The number of hydrogen-bond donors (Lipinski definition) is 1. The molecule has 0 spiro atoms. The number of anilines is 1. The minimum absolute atomic E-state index is 0.328. The van der Waals surface area contributed by atoms with Crippen molar-refractivity contribution in [2.75, 3.05) is 5.73 Å². The van der Waals surface area contributed by atoms with E-state index in [1.807, 2.05) is 45.3 Å². The van der Waals surface area contributed by atoms with E-state index in [4.69, 9.17) is 10.3 Å². The minimum Gasteiger partial charge on any atom is -0.367 e. The summed E-state index contributed by atoms with van der Waals surface area (Å²) in [5.74, 6) is 0.328. The Morgan fingerprint density at radius 2 is 2.05 bits per heavy atom. The van der Waals surface area contributed by atoms with Gasteiger partial charge in [-0.05, 0) is 19.4 Å². The van der Waals surface area contributed by atoms with E-state index in [1.165, 1.54) is 0 Å². The monoisotopic (exact) mass is 268 g/mol. The number of nitrogen functional groups attached to an aromatic ring is 1. The summed E-state index contributed by atoms with van der Waals surface area (Å²) in [5, 5.41) is 8.46. The van der Waals surface area contributed by atoms with Crippen molar-refractivity contribution in [2.45, 2.75) is 13.8 Å². The summed E-state index contributed by atoms with van der Waals surface area (Å²) < 4.78 is 6.96. The van der Waals surface area contributed by atoms with Gasteiger partial charge >= 0.3 is 0 Å². The highest BCUT2D eigenvalue weighted by atomic mass is 16.5. The predicted molar refractivity (Wildman–Crippen MR) is 78.0 cm³/mol. The summed E-state index contributed by atoms with van der Waals surface area (Å²) >= 11 is 0. The fraction of sp³-hybridized carbons (Fsp3) is 0.200. The highest BCUT2D eigenvalue weighted by molar-refractivity contribution is 5.87. The molecule has 2 N–H and O–H groups in total. The molecule has 0 aliphatic heterocycles. The molecule has 0 amide bonds. The normalized spacial score (nSPS) is 10.9. The van der Waals surface area contributed by atoms with Crippen LogP contribution in [0.25, 0.3) is 22.4 Å². The van der Waals surface area contributed by atoms with Crippen molar-refractivity contribution in [3.05, 3.63) is 41.7 Å². The Labute approximate surface area is 117 Å². The van der Waals surface area contributed by atoms with Gasteiger partial charge in [-0.2, -0.15) is 5.10 Å². The molecule has 0 aliphatic rings. The average molecular weight is 268 g/mol. The van der Waals surface area contributed by atoms with Gasteiger partial charge < -0.3 is 10.3 Å². The Bertz CT molecular complexity index is 770. The maximum absolute atomic E-state index is 5.96. The van der Waals surface area contributed by atoms with E-state index < -0.39 is 0 Å². The number of aryl methyl sites for hydroxylation is 3. The van der Waals surface area contributed by atoms with Gasteiger partial charge in [0.05, 0.1) is 11.3 Å². The van der Waals surface area contributed by atoms with Crippen LogP contribution in [0.15, 0.2) is 35.0 Å². The first-order valence-electron chi connectivity index (χ1n) is 6.39. The lowest BCUT2D eigenvalue weighted by atomic mass is 10.00. The molecule has 2 aromatic heterocycles. The minimum atomic E-state index is 0.328. The van der Waals surface area contributed by atoms with Gasteiger partial charge in [0, 0.05) is 18.8 Å². The Kier molecular flexibility index (Phi) is 2.82. The van der Waals surface area contributed by atoms with Crippen LogP contribution in [0.2, 0.25) is 0 Å². The fourth-order valence-electron chi connectivity index (χ4n) is 2.40. The summed E-state index contributed by atoms with van der Waals surface area (Å²) in [5.41, 5.74) is 11.5. The molecule has 3 rings (SSSR count). The zero-order valence-corrected chi connectivity index (χ0v) is 11.7. The first-order valence-corrected chi connectivity index (χ1v) is 6.39. The zero-order valence-electron chi connectivity index (χ0n) is 11.7. The molecule has 102 valence electrons. The van der Waals surface area contributed by atoms with Gasteiger partial charge in [-0.15, -0.1) is 0 Å². The second-order valence-electron chi connectivity index (χ2n) is 4.94. The lowest BCUT2D eigenvalue weighted by Gasteiger charge is -2.03. The Balaban J connectivity index is 2.22. The van der Waals surface area contributed by atoms with Gasteiger partial charge in [0.2, 0.25) is 5.88 Å². The second-order valence-corrected chi connectivity index (χ2v) is 4.94. The fourth-order valence-corrected chi connectivity index (χ4v) is 2.40. The predicted octanol–water partition coefficient (Wildman–Crippen LogP) is 2.94. The number of nitrogens with zero attached hydrogens (tertiary/aromatic N) is 3. The van der Waals surface area contributed by atoms with Gasteiger partial charge in [-0.25, -0.2) is 0 Å². The van der Waals surface area contributed by atoms with E-state index in [1.54, 1.807) is 4.68 Å². The summed E-state index contributed by atoms with van der Waals surface area (Å²) in [7, 11) is 1.88. The molecule has 0 saturated heterocycles. The molecule has 2 heterocycles. The van der Waals surface area contributed by atoms with Gasteiger partial charge in [-0.3, -0.25) is 4.68 Å². The van der Waals surface area contributed by atoms with Gasteiger partial charge in [-0.1, -0.05) is 35.0 Å². The van der Waals surface area contributed by atoms with Crippen molar-refractivity contribution in [1.29, 1.82) is 0 Å². The SMILES string of the molecule is Cc1cccc(-c2c(-c3cn(C)nc3C)noc2N)c1. The summed E-state index contributed by atoms with van der Waals surface area (Å²) in [6, 6.07) is 8.11. The average Bonchev–Trinajstić information content (AvgIpc) is 2.92. The molecule has 0 atom stereocenters. The van der Waals surface area contributed by atoms with Crippen LogP contribution in [0.1, 0.15) is 11.3 Å². The molecule has 3 aromatic rings. The molecule has 5 nitrogen and oxygen atoms in total. The van der Waals surface area contributed by atoms with Crippen LogP contribution < -0.4 is 5.73 Å². The van der Waals surface area contributed by atoms with E-state index in [-0.39, 0.29) is 0 Å². The molecular weight excluding hydrogens is 252 g/mol. The molecule has 0 saturated carbocycles. The third-order valence-corrected chi connectivity index (χ3v) is 3.29. The topological polar surface area (TPSA) is 69.9 Å². The van der Waals surface area contributed by atoms with Crippen molar-refractivity contribution in [1.82, 2.24) is 14.9 Å². The molecule has 20 heavy (non-hydrogen) atoms. The highest BCUT2D eigenvalue weighted by Crippen LogP contribution is 2.37. The first kappa shape index (κ1) is 12.5. The molecule has 1 aromatic carbocycles. The third kappa shape index (κ3) is 1.97. The molecular formula is C15H16N4O. The number of nitrogens with two attached hydrogens (primary N) is 1. The number of benzene rings is 1. The Morgan fingerprint density at radius 3 is 2.70 bits per heavy atom. The van der Waals surface area contributed by atoms with E-state index in [2.05, 4.69) is 16.3 Å². The van der Waals surface area contributed by atoms with Gasteiger partial charge in [0.15, 0.2) is 0 Å². The van der Waals surface area contributed by atoms with E-state index in [0.29, 0.717) is 5.88 Å². The van der Waals surface area contributed by atoms with Gasteiger partial charge in [0.1, 0.15) is 5.69 Å². The van der Waals surface area contributed by atoms with Crippen molar-refractivity contribution >= 4 is 5.88 Å². The number of aromatic nitrogens is 3. The van der Waals surface area contributed by atoms with E-state index in [9.17, 15) is 0 Å². The van der Waals surface area contributed by atoms with Crippen LogP contribution in [0.5, 0.6) is 0 Å². The Morgan fingerprint density at radius 1 is 1.25 bits per heavy atom. The largest absolute Gasteiger partial charge is 0.367 e. The second kappa shape index (κ2) is 4.52. The molecule has 0 radical (unpaired) electrons. The lowest BCUT2D eigenvalue weighted by molar-refractivity contribution is 0.439. The first-order chi connectivity index (χ1) is 9.56. The third-order valence-electron chi connectivity index (χ3n) is 3.29. The van der Waals surface area contributed by atoms with Crippen LogP contribution in [0.4, 0.5) is 5.88 Å². The molecule has 0 aliphatic carbocycles.